The van der Waals surface area contributed by atoms with E-state index < -0.39 is 5.97 Å². The number of hydrogen-bond donors (Lipinski definition) is 3. The number of aromatic nitrogens is 2. The van der Waals surface area contributed by atoms with Crippen LogP contribution in [0, 0.1) is 0 Å². The fraction of sp³-hybridized carbons (Fsp3) is 0.545. The van der Waals surface area contributed by atoms with E-state index in [-0.39, 0.29) is 12.4 Å². The second kappa shape index (κ2) is 4.57. The highest BCUT2D eigenvalue weighted by Crippen LogP contribution is 2.38. The van der Waals surface area contributed by atoms with Crippen LogP contribution < -0.4 is 11.5 Å². The number of rotatable bonds is 4. The maximum Gasteiger partial charge on any atom is 0.303 e. The van der Waals surface area contributed by atoms with Crippen molar-refractivity contribution >= 4 is 17.7 Å². The minimum absolute atomic E-state index is 0.0389. The molecule has 0 atom stereocenters. The summed E-state index contributed by atoms with van der Waals surface area (Å²) in [6.45, 7) is 0. The molecule has 0 amide bonds. The monoisotopic (exact) mass is 236 g/mol. The van der Waals surface area contributed by atoms with Gasteiger partial charge in [0.1, 0.15) is 5.82 Å². The van der Waals surface area contributed by atoms with Gasteiger partial charge in [0.2, 0.25) is 5.95 Å². The van der Waals surface area contributed by atoms with E-state index in [0.717, 1.165) is 24.1 Å². The second-order valence-corrected chi connectivity index (χ2v) is 4.35. The molecule has 1 aliphatic rings. The Balaban J connectivity index is 2.29. The summed E-state index contributed by atoms with van der Waals surface area (Å²) < 4.78 is 0. The molecule has 0 spiro atoms. The van der Waals surface area contributed by atoms with Crippen LogP contribution in [0.3, 0.4) is 0 Å². The Labute approximate surface area is 99.1 Å². The molecule has 17 heavy (non-hydrogen) atoms. The van der Waals surface area contributed by atoms with Crippen LogP contribution in [-0.4, -0.2) is 21.0 Å². The molecule has 5 N–H and O–H groups in total. The molecule has 0 saturated heterocycles. The van der Waals surface area contributed by atoms with Crippen LogP contribution in [0.25, 0.3) is 0 Å². The Morgan fingerprint density at radius 3 is 2.59 bits per heavy atom. The second-order valence-electron chi connectivity index (χ2n) is 4.35. The largest absolute Gasteiger partial charge is 0.481 e. The number of anilines is 2. The fourth-order valence-corrected chi connectivity index (χ4v) is 2.05. The third-order valence-corrected chi connectivity index (χ3v) is 3.17. The van der Waals surface area contributed by atoms with Gasteiger partial charge in [-0.2, -0.15) is 4.98 Å². The highest BCUT2D eigenvalue weighted by molar-refractivity contribution is 5.67. The molecule has 0 radical (unpaired) electrons. The number of carboxylic acids is 1. The summed E-state index contributed by atoms with van der Waals surface area (Å²) in [7, 11) is 0. The molecule has 0 aliphatic heterocycles. The normalized spacial score (nSPS) is 15.5. The van der Waals surface area contributed by atoms with Gasteiger partial charge in [0.05, 0.1) is 5.69 Å². The van der Waals surface area contributed by atoms with Gasteiger partial charge in [0, 0.05) is 17.9 Å². The molecule has 0 bridgehead atoms. The van der Waals surface area contributed by atoms with Crippen LogP contribution in [0.5, 0.6) is 0 Å². The third kappa shape index (κ3) is 2.46. The first kappa shape index (κ1) is 11.6. The molecule has 1 saturated carbocycles. The van der Waals surface area contributed by atoms with Crippen molar-refractivity contribution in [1.29, 1.82) is 0 Å². The molecule has 1 heterocycles. The van der Waals surface area contributed by atoms with Gasteiger partial charge >= 0.3 is 5.97 Å². The van der Waals surface area contributed by atoms with E-state index in [2.05, 4.69) is 9.97 Å². The number of nitrogens with zero attached hydrogens (tertiary/aromatic N) is 2. The van der Waals surface area contributed by atoms with Gasteiger partial charge in [-0.05, 0) is 19.3 Å². The van der Waals surface area contributed by atoms with Gasteiger partial charge in [-0.25, -0.2) is 4.98 Å². The van der Waals surface area contributed by atoms with Crippen molar-refractivity contribution < 1.29 is 9.90 Å². The topological polar surface area (TPSA) is 115 Å². The van der Waals surface area contributed by atoms with Gasteiger partial charge in [0.15, 0.2) is 0 Å². The maximum atomic E-state index is 10.6. The Kier molecular flexibility index (Phi) is 3.12. The molecule has 6 nitrogen and oxygen atoms in total. The Hall–Kier alpha value is -1.85. The zero-order valence-corrected chi connectivity index (χ0v) is 9.52. The van der Waals surface area contributed by atoms with Gasteiger partial charge in [-0.1, -0.05) is 6.42 Å². The molecule has 1 aromatic rings. The lowest BCUT2D eigenvalue weighted by Gasteiger charge is -2.27. The lowest BCUT2D eigenvalue weighted by atomic mass is 9.80. The predicted octanol–water partition coefficient (Wildman–Crippen LogP) is 0.926. The van der Waals surface area contributed by atoms with Crippen LogP contribution in [0.1, 0.15) is 42.9 Å². The molecule has 1 aliphatic carbocycles. The summed E-state index contributed by atoms with van der Waals surface area (Å²) in [4.78, 5) is 18.7. The highest BCUT2D eigenvalue weighted by atomic mass is 16.4. The van der Waals surface area contributed by atoms with Gasteiger partial charge in [0.25, 0.3) is 0 Å². The van der Waals surface area contributed by atoms with E-state index in [0.29, 0.717) is 18.2 Å². The van der Waals surface area contributed by atoms with E-state index in [4.69, 9.17) is 16.6 Å². The van der Waals surface area contributed by atoms with Crippen molar-refractivity contribution in [2.24, 2.45) is 0 Å². The van der Waals surface area contributed by atoms with Crippen LogP contribution in [0.15, 0.2) is 0 Å². The number of hydrogen-bond acceptors (Lipinski definition) is 5. The van der Waals surface area contributed by atoms with Crippen molar-refractivity contribution in [3.8, 4) is 0 Å². The molecule has 6 heteroatoms. The summed E-state index contributed by atoms with van der Waals surface area (Å²) in [6, 6.07) is 0. The average Bonchev–Trinajstić information content (AvgIpc) is 2.12. The van der Waals surface area contributed by atoms with Crippen molar-refractivity contribution in [2.75, 3.05) is 11.5 Å². The number of aliphatic carboxylic acids is 1. The number of carbonyl (C=O) groups is 1. The molecule has 1 aromatic heterocycles. The van der Waals surface area contributed by atoms with Crippen LogP contribution in [0.4, 0.5) is 11.8 Å². The Morgan fingerprint density at radius 2 is 2.06 bits per heavy atom. The Bertz CT molecular complexity index is 443. The van der Waals surface area contributed by atoms with Gasteiger partial charge in [-0.3, -0.25) is 4.79 Å². The van der Waals surface area contributed by atoms with E-state index >= 15 is 0 Å². The van der Waals surface area contributed by atoms with Gasteiger partial charge < -0.3 is 16.6 Å². The summed E-state index contributed by atoms with van der Waals surface area (Å²) in [5.41, 5.74) is 13.0. The van der Waals surface area contributed by atoms with Crippen molar-refractivity contribution in [2.45, 2.75) is 38.0 Å². The SMILES string of the molecule is Nc1nc(N)c(CCC(=O)O)c(C2CCC2)n1. The number of carboxylic acid groups (broad SMARTS) is 1. The highest BCUT2D eigenvalue weighted by Gasteiger charge is 2.25. The molecule has 0 unspecified atom stereocenters. The van der Waals surface area contributed by atoms with E-state index in [1.54, 1.807) is 0 Å². The quantitative estimate of drug-likeness (QED) is 0.716. The summed E-state index contributed by atoms with van der Waals surface area (Å²) in [5.74, 6) is 0.0105. The van der Waals surface area contributed by atoms with Crippen LogP contribution >= 0.6 is 0 Å². The third-order valence-electron chi connectivity index (χ3n) is 3.17. The van der Waals surface area contributed by atoms with Crippen molar-refractivity contribution in [3.63, 3.8) is 0 Å². The van der Waals surface area contributed by atoms with Gasteiger partial charge in [-0.15, -0.1) is 0 Å². The summed E-state index contributed by atoms with van der Waals surface area (Å²) in [6.07, 6.45) is 3.71. The molecule has 92 valence electrons. The minimum Gasteiger partial charge on any atom is -0.481 e. The maximum absolute atomic E-state index is 10.6. The fourth-order valence-electron chi connectivity index (χ4n) is 2.05. The first-order valence-electron chi connectivity index (χ1n) is 5.71. The summed E-state index contributed by atoms with van der Waals surface area (Å²) >= 11 is 0. The van der Waals surface area contributed by atoms with E-state index in [1.165, 1.54) is 6.42 Å². The summed E-state index contributed by atoms with van der Waals surface area (Å²) in [5, 5.41) is 8.71. The molecular formula is C11H16N4O2. The average molecular weight is 236 g/mol. The molecule has 1 fully saturated rings. The molecule has 2 rings (SSSR count). The first-order chi connectivity index (χ1) is 8.08. The lowest BCUT2D eigenvalue weighted by molar-refractivity contribution is -0.136. The lowest BCUT2D eigenvalue weighted by Crippen LogP contribution is -2.17. The standard InChI is InChI=1S/C11H16N4O2/c12-10-7(4-5-8(16)17)9(6-2-1-3-6)14-11(13)15-10/h6H,1-5H2,(H,16,17)(H4,12,13,14,15). The van der Waals surface area contributed by atoms with Crippen molar-refractivity contribution in [3.05, 3.63) is 11.3 Å². The smallest absolute Gasteiger partial charge is 0.303 e. The predicted molar refractivity (Wildman–Crippen MR) is 63.4 cm³/mol. The van der Waals surface area contributed by atoms with E-state index in [1.807, 2.05) is 0 Å². The Morgan fingerprint density at radius 1 is 1.35 bits per heavy atom. The zero-order chi connectivity index (χ0) is 12.4. The molecular weight excluding hydrogens is 220 g/mol. The number of nitrogen functional groups attached to an aromatic ring is 2. The molecule has 0 aromatic carbocycles. The van der Waals surface area contributed by atoms with Crippen LogP contribution in [-0.2, 0) is 11.2 Å². The van der Waals surface area contributed by atoms with Crippen molar-refractivity contribution in [1.82, 2.24) is 9.97 Å². The number of nitrogens with two attached hydrogens (primary N) is 2. The minimum atomic E-state index is -0.846. The van der Waals surface area contributed by atoms with E-state index in [9.17, 15) is 4.79 Å². The first-order valence-corrected chi connectivity index (χ1v) is 5.71. The zero-order valence-electron chi connectivity index (χ0n) is 9.52. The van der Waals surface area contributed by atoms with Crippen LogP contribution in [0.2, 0.25) is 0 Å².